The van der Waals surface area contributed by atoms with Crippen LogP contribution in [0.3, 0.4) is 0 Å². The number of rotatable bonds is 8. The Morgan fingerprint density at radius 3 is 2.55 bits per heavy atom. The van der Waals surface area contributed by atoms with E-state index in [2.05, 4.69) is 46.0 Å². The Morgan fingerprint density at radius 2 is 1.97 bits per heavy atom. The van der Waals surface area contributed by atoms with Crippen LogP contribution in [0.1, 0.15) is 25.2 Å². The van der Waals surface area contributed by atoms with E-state index in [9.17, 15) is 0 Å². The molecule has 1 N–H and O–H groups in total. The minimum atomic E-state index is 0.00198. The second-order valence-electron chi connectivity index (χ2n) is 7.28. The monoisotopic (exact) mass is 415 g/mol. The van der Waals surface area contributed by atoms with Gasteiger partial charge in [-0.05, 0) is 62.3 Å². The molecule has 0 bridgehead atoms. The van der Waals surface area contributed by atoms with E-state index >= 15 is 0 Å². The summed E-state index contributed by atoms with van der Waals surface area (Å²) in [5.41, 5.74) is 5.08. The minimum Gasteiger partial charge on any atom is -0.497 e. The number of nitrogens with one attached hydrogen (secondary N) is 1. The number of ether oxygens (including phenoxy) is 1. The Morgan fingerprint density at radius 1 is 1.23 bits per heavy atom. The third kappa shape index (κ3) is 5.48. The van der Waals surface area contributed by atoms with Crippen molar-refractivity contribution in [3.05, 3.63) is 84.5 Å². The molecule has 160 valence electrons. The third-order valence-corrected chi connectivity index (χ3v) is 5.00. The summed E-state index contributed by atoms with van der Waals surface area (Å²) < 4.78 is 7.05. The molecule has 1 unspecified atom stereocenters. The van der Waals surface area contributed by atoms with E-state index in [1.165, 1.54) is 0 Å². The first-order chi connectivity index (χ1) is 14.9. The number of anilines is 1. The van der Waals surface area contributed by atoms with E-state index in [0.29, 0.717) is 5.82 Å². The number of benzene rings is 1. The van der Waals surface area contributed by atoms with Crippen LogP contribution in [-0.2, 0) is 7.05 Å². The van der Waals surface area contributed by atoms with Crippen LogP contribution in [0.25, 0.3) is 16.8 Å². The zero-order chi connectivity index (χ0) is 22.4. The van der Waals surface area contributed by atoms with Gasteiger partial charge >= 0.3 is 0 Å². The van der Waals surface area contributed by atoms with Crippen LogP contribution < -0.4 is 10.1 Å². The molecule has 31 heavy (non-hydrogen) atoms. The second-order valence-corrected chi connectivity index (χ2v) is 7.28. The van der Waals surface area contributed by atoms with E-state index in [1.807, 2.05) is 69.7 Å². The Kier molecular flexibility index (Phi) is 7.03. The summed E-state index contributed by atoms with van der Waals surface area (Å²) in [5, 5.41) is 7.76. The summed E-state index contributed by atoms with van der Waals surface area (Å²) in [6.45, 7) is 10.0. The van der Waals surface area contributed by atoms with Crippen molar-refractivity contribution < 1.29 is 4.74 Å². The van der Waals surface area contributed by atoms with E-state index in [-0.39, 0.29) is 6.04 Å². The molecule has 0 amide bonds. The van der Waals surface area contributed by atoms with Gasteiger partial charge in [-0.25, -0.2) is 9.97 Å². The van der Waals surface area contributed by atoms with Gasteiger partial charge in [0.05, 0.1) is 19.0 Å². The van der Waals surface area contributed by atoms with Crippen molar-refractivity contribution in [2.75, 3.05) is 12.4 Å². The summed E-state index contributed by atoms with van der Waals surface area (Å²) in [4.78, 5) is 9.16. The van der Waals surface area contributed by atoms with Gasteiger partial charge in [0, 0.05) is 36.5 Å². The van der Waals surface area contributed by atoms with E-state index in [4.69, 9.17) is 4.74 Å². The van der Waals surface area contributed by atoms with Crippen LogP contribution in [0.2, 0.25) is 0 Å². The number of allylic oxidation sites excluding steroid dienone is 3. The smallest absolute Gasteiger partial charge is 0.130 e. The molecular weight excluding hydrogens is 386 g/mol. The van der Waals surface area contributed by atoms with Crippen LogP contribution in [0, 0.1) is 6.92 Å². The highest BCUT2D eigenvalue weighted by Gasteiger charge is 2.11. The third-order valence-electron chi connectivity index (χ3n) is 5.00. The standard InChI is InChI=1S/C25H29N5O/c1-7-19(13-20(8-2)22-15-26-30(5)16-22)17(3)27-25-14-24(28-18(4)29-25)21-9-11-23(31-6)12-10-21/h7-17H,1H2,2-6H3,(H,27,28,29). The Bertz CT molecular complexity index is 1110. The lowest BCUT2D eigenvalue weighted by atomic mass is 10.0. The van der Waals surface area contributed by atoms with Gasteiger partial charge in [0.1, 0.15) is 17.4 Å². The average Bonchev–Trinajstić information content (AvgIpc) is 3.20. The molecule has 0 radical (unpaired) electrons. The summed E-state index contributed by atoms with van der Waals surface area (Å²) >= 11 is 0. The quantitative estimate of drug-likeness (QED) is 0.512. The summed E-state index contributed by atoms with van der Waals surface area (Å²) in [6, 6.07) is 9.81. The zero-order valence-corrected chi connectivity index (χ0v) is 18.8. The van der Waals surface area contributed by atoms with Crippen LogP contribution in [0.4, 0.5) is 5.82 Å². The highest BCUT2D eigenvalue weighted by atomic mass is 16.5. The average molecular weight is 416 g/mol. The molecule has 6 nitrogen and oxygen atoms in total. The van der Waals surface area contributed by atoms with Crippen molar-refractivity contribution in [2.24, 2.45) is 7.05 Å². The summed E-state index contributed by atoms with van der Waals surface area (Å²) in [7, 11) is 3.57. The molecule has 2 heterocycles. The van der Waals surface area contributed by atoms with E-state index in [1.54, 1.807) is 11.8 Å². The van der Waals surface area contributed by atoms with Gasteiger partial charge in [0.15, 0.2) is 0 Å². The van der Waals surface area contributed by atoms with Gasteiger partial charge in [-0.2, -0.15) is 5.10 Å². The van der Waals surface area contributed by atoms with Gasteiger partial charge in [0.25, 0.3) is 0 Å². The fourth-order valence-corrected chi connectivity index (χ4v) is 3.30. The van der Waals surface area contributed by atoms with Gasteiger partial charge in [-0.15, -0.1) is 0 Å². The molecule has 2 aromatic heterocycles. The van der Waals surface area contributed by atoms with Gasteiger partial charge in [0.2, 0.25) is 0 Å². The van der Waals surface area contributed by atoms with Crippen molar-refractivity contribution in [1.29, 1.82) is 0 Å². The SMILES string of the molecule is C=CC(=CC(=CC)c1cnn(C)c1)C(C)Nc1cc(-c2ccc(OC)cc2)nc(C)n1. The first kappa shape index (κ1) is 22.0. The lowest BCUT2D eigenvalue weighted by Crippen LogP contribution is -2.18. The van der Waals surface area contributed by atoms with E-state index < -0.39 is 0 Å². The molecule has 1 aromatic carbocycles. The predicted octanol–water partition coefficient (Wildman–Crippen LogP) is 5.21. The molecule has 0 spiro atoms. The number of nitrogens with zero attached hydrogens (tertiary/aromatic N) is 4. The number of aromatic nitrogens is 4. The fraction of sp³-hybridized carbons (Fsp3) is 0.240. The largest absolute Gasteiger partial charge is 0.497 e. The molecule has 1 atom stereocenters. The Hall–Kier alpha value is -3.67. The lowest BCUT2D eigenvalue weighted by molar-refractivity contribution is 0.415. The van der Waals surface area contributed by atoms with Crippen molar-refractivity contribution in [3.8, 4) is 17.0 Å². The first-order valence-electron chi connectivity index (χ1n) is 10.2. The topological polar surface area (TPSA) is 64.9 Å². The molecule has 0 saturated carbocycles. The second kappa shape index (κ2) is 9.89. The fourth-order valence-electron chi connectivity index (χ4n) is 3.30. The highest BCUT2D eigenvalue weighted by molar-refractivity contribution is 5.74. The van der Waals surface area contributed by atoms with Crippen molar-refractivity contribution in [1.82, 2.24) is 19.7 Å². The molecule has 0 saturated heterocycles. The Labute approximate surface area is 184 Å². The van der Waals surface area contributed by atoms with Gasteiger partial charge in [-0.3, -0.25) is 4.68 Å². The van der Waals surface area contributed by atoms with Gasteiger partial charge < -0.3 is 10.1 Å². The first-order valence-corrected chi connectivity index (χ1v) is 10.2. The maximum absolute atomic E-state index is 5.25. The summed E-state index contributed by atoms with van der Waals surface area (Å²) in [6.07, 6.45) is 9.93. The van der Waals surface area contributed by atoms with Crippen LogP contribution in [0.15, 0.2) is 73.1 Å². The van der Waals surface area contributed by atoms with E-state index in [0.717, 1.165) is 39.5 Å². The van der Waals surface area contributed by atoms with Crippen molar-refractivity contribution in [3.63, 3.8) is 0 Å². The molecule has 0 aliphatic rings. The number of aryl methyl sites for hydroxylation is 2. The van der Waals surface area contributed by atoms with Gasteiger partial charge in [-0.1, -0.05) is 18.7 Å². The zero-order valence-electron chi connectivity index (χ0n) is 18.8. The van der Waals surface area contributed by atoms with Crippen LogP contribution in [-0.4, -0.2) is 32.9 Å². The molecule has 3 aromatic rings. The van der Waals surface area contributed by atoms with Crippen molar-refractivity contribution >= 4 is 11.4 Å². The molecule has 0 aliphatic heterocycles. The lowest BCUT2D eigenvalue weighted by Gasteiger charge is -2.17. The maximum atomic E-state index is 5.25. The summed E-state index contributed by atoms with van der Waals surface area (Å²) in [5.74, 6) is 2.29. The number of methoxy groups -OCH3 is 1. The molecule has 6 heteroatoms. The Balaban J connectivity index is 1.84. The highest BCUT2D eigenvalue weighted by Crippen LogP contribution is 2.24. The maximum Gasteiger partial charge on any atom is 0.130 e. The molecule has 0 fully saturated rings. The van der Waals surface area contributed by atoms with Crippen LogP contribution in [0.5, 0.6) is 5.75 Å². The predicted molar refractivity (Wildman–Crippen MR) is 127 cm³/mol. The normalized spacial score (nSPS) is 13.1. The molecule has 0 aliphatic carbocycles. The number of hydrogen-bond donors (Lipinski definition) is 1. The number of hydrogen-bond acceptors (Lipinski definition) is 5. The van der Waals surface area contributed by atoms with Crippen LogP contribution >= 0.6 is 0 Å². The molecular formula is C25H29N5O. The minimum absolute atomic E-state index is 0.00198. The molecule has 3 rings (SSSR count). The van der Waals surface area contributed by atoms with Crippen molar-refractivity contribution in [2.45, 2.75) is 26.8 Å².